The molecular weight excluding hydrogens is 268 g/mol. The van der Waals surface area contributed by atoms with Crippen molar-refractivity contribution in [2.45, 2.75) is 32.4 Å². The summed E-state index contributed by atoms with van der Waals surface area (Å²) < 4.78 is 11.0. The van der Waals surface area contributed by atoms with E-state index in [0.717, 1.165) is 0 Å². The third-order valence-corrected chi connectivity index (χ3v) is 3.46. The number of rotatable bonds is 6. The molecule has 2 unspecified atom stereocenters. The average Bonchev–Trinajstić information content (AvgIpc) is 2.95. The van der Waals surface area contributed by atoms with Crippen LogP contribution >= 0.6 is 0 Å². The Balaban J connectivity index is 1.97. The summed E-state index contributed by atoms with van der Waals surface area (Å²) in [5, 5.41) is 6.11. The predicted octanol–water partition coefficient (Wildman–Crippen LogP) is 2.04. The number of anilines is 1. The highest BCUT2D eigenvalue weighted by molar-refractivity contribution is 5.96. The maximum atomic E-state index is 12.3. The van der Waals surface area contributed by atoms with Gasteiger partial charge in [0.25, 0.3) is 0 Å². The van der Waals surface area contributed by atoms with Gasteiger partial charge in [-0.15, -0.1) is 0 Å². The Kier molecular flexibility index (Phi) is 5.59. The number of benzene rings is 1. The van der Waals surface area contributed by atoms with Crippen LogP contribution in [0.1, 0.15) is 20.3 Å². The Labute approximate surface area is 126 Å². The smallest absolute Gasteiger partial charge is 0.241 e. The second-order valence-electron chi connectivity index (χ2n) is 5.74. The zero-order valence-corrected chi connectivity index (χ0v) is 12.9. The standard InChI is InChI=1S/C16H24N2O3/c1-11(2)10-21-15-7-5-4-6-13(15)18-16(19)14-8-12(20-3)9-17-14/h4-7,11-12,14,17H,8-10H2,1-3H3,(H,18,19). The highest BCUT2D eigenvalue weighted by atomic mass is 16.5. The molecule has 0 spiro atoms. The van der Waals surface area contributed by atoms with Gasteiger partial charge in [0.05, 0.1) is 24.4 Å². The third kappa shape index (κ3) is 4.44. The minimum absolute atomic E-state index is 0.0462. The lowest BCUT2D eigenvalue weighted by atomic mass is 10.2. The Bertz CT molecular complexity index is 476. The molecule has 116 valence electrons. The van der Waals surface area contributed by atoms with Gasteiger partial charge in [-0.25, -0.2) is 0 Å². The van der Waals surface area contributed by atoms with E-state index in [1.165, 1.54) is 0 Å². The normalized spacial score (nSPS) is 21.5. The summed E-state index contributed by atoms with van der Waals surface area (Å²) in [6, 6.07) is 7.31. The van der Waals surface area contributed by atoms with E-state index >= 15 is 0 Å². The Morgan fingerprint density at radius 3 is 2.86 bits per heavy atom. The predicted molar refractivity (Wildman–Crippen MR) is 82.6 cm³/mol. The number of hydrogen-bond donors (Lipinski definition) is 2. The van der Waals surface area contributed by atoms with E-state index in [0.29, 0.717) is 36.9 Å². The molecule has 0 radical (unpaired) electrons. The number of ether oxygens (including phenoxy) is 2. The van der Waals surface area contributed by atoms with Crippen molar-refractivity contribution in [2.24, 2.45) is 5.92 Å². The molecule has 1 saturated heterocycles. The first-order valence-corrected chi connectivity index (χ1v) is 7.39. The van der Waals surface area contributed by atoms with Crippen molar-refractivity contribution in [1.29, 1.82) is 0 Å². The van der Waals surface area contributed by atoms with Crippen LogP contribution in [0.25, 0.3) is 0 Å². The van der Waals surface area contributed by atoms with E-state index in [-0.39, 0.29) is 18.1 Å². The molecular formula is C16H24N2O3. The topological polar surface area (TPSA) is 59.6 Å². The van der Waals surface area contributed by atoms with Crippen LogP contribution in [0.2, 0.25) is 0 Å². The largest absolute Gasteiger partial charge is 0.491 e. The summed E-state index contributed by atoms with van der Waals surface area (Å²) in [6.07, 6.45) is 0.797. The third-order valence-electron chi connectivity index (χ3n) is 3.46. The molecule has 1 heterocycles. The SMILES string of the molecule is COC1CNC(C(=O)Nc2ccccc2OCC(C)C)C1. The second kappa shape index (κ2) is 7.43. The molecule has 2 rings (SSSR count). The molecule has 0 aliphatic carbocycles. The van der Waals surface area contributed by atoms with Crippen LogP contribution in [0.4, 0.5) is 5.69 Å². The minimum atomic E-state index is -0.215. The van der Waals surface area contributed by atoms with Crippen molar-refractivity contribution in [2.75, 3.05) is 25.6 Å². The highest BCUT2D eigenvalue weighted by Gasteiger charge is 2.29. The van der Waals surface area contributed by atoms with Crippen molar-refractivity contribution in [3.8, 4) is 5.75 Å². The zero-order chi connectivity index (χ0) is 15.2. The molecule has 1 aromatic rings. The van der Waals surface area contributed by atoms with Gasteiger partial charge in [-0.05, 0) is 24.5 Å². The van der Waals surface area contributed by atoms with Gasteiger partial charge in [0, 0.05) is 13.7 Å². The number of methoxy groups -OCH3 is 1. The van der Waals surface area contributed by atoms with E-state index < -0.39 is 0 Å². The van der Waals surface area contributed by atoms with Crippen molar-refractivity contribution in [1.82, 2.24) is 5.32 Å². The molecule has 1 aromatic carbocycles. The van der Waals surface area contributed by atoms with Crippen LogP contribution in [0.15, 0.2) is 24.3 Å². The van der Waals surface area contributed by atoms with Gasteiger partial charge >= 0.3 is 0 Å². The average molecular weight is 292 g/mol. The van der Waals surface area contributed by atoms with Gasteiger partial charge < -0.3 is 20.1 Å². The molecule has 0 bridgehead atoms. The number of amides is 1. The van der Waals surface area contributed by atoms with Crippen LogP contribution in [-0.2, 0) is 9.53 Å². The lowest BCUT2D eigenvalue weighted by Crippen LogP contribution is -2.35. The van der Waals surface area contributed by atoms with E-state index in [4.69, 9.17) is 9.47 Å². The molecule has 1 fully saturated rings. The molecule has 2 N–H and O–H groups in total. The van der Waals surface area contributed by atoms with Gasteiger partial charge in [0.1, 0.15) is 5.75 Å². The van der Waals surface area contributed by atoms with Gasteiger partial charge in [-0.3, -0.25) is 4.79 Å². The summed E-state index contributed by atoms with van der Waals surface area (Å²) in [5.74, 6) is 1.10. The second-order valence-corrected chi connectivity index (χ2v) is 5.74. The number of para-hydroxylation sites is 2. The number of carbonyl (C=O) groups excluding carboxylic acids is 1. The van der Waals surface area contributed by atoms with E-state index in [9.17, 15) is 4.79 Å². The molecule has 5 heteroatoms. The first kappa shape index (κ1) is 15.8. The maximum Gasteiger partial charge on any atom is 0.241 e. The van der Waals surface area contributed by atoms with Gasteiger partial charge in [-0.1, -0.05) is 26.0 Å². The molecule has 0 aromatic heterocycles. The molecule has 1 aliphatic rings. The summed E-state index contributed by atoms with van der Waals surface area (Å²) in [5.41, 5.74) is 0.714. The van der Waals surface area contributed by atoms with Gasteiger partial charge in [0.2, 0.25) is 5.91 Å². The van der Waals surface area contributed by atoms with Crippen molar-refractivity contribution >= 4 is 11.6 Å². The minimum Gasteiger partial charge on any atom is -0.491 e. The van der Waals surface area contributed by atoms with E-state index in [1.807, 2.05) is 24.3 Å². The van der Waals surface area contributed by atoms with Crippen LogP contribution in [-0.4, -0.2) is 38.3 Å². The molecule has 21 heavy (non-hydrogen) atoms. The van der Waals surface area contributed by atoms with E-state index in [1.54, 1.807) is 7.11 Å². The van der Waals surface area contributed by atoms with Crippen LogP contribution in [0.3, 0.4) is 0 Å². The monoisotopic (exact) mass is 292 g/mol. The maximum absolute atomic E-state index is 12.3. The molecule has 1 amide bonds. The fraction of sp³-hybridized carbons (Fsp3) is 0.562. The Hall–Kier alpha value is -1.59. The van der Waals surface area contributed by atoms with Crippen molar-refractivity contribution in [3.05, 3.63) is 24.3 Å². The lowest BCUT2D eigenvalue weighted by Gasteiger charge is -2.16. The quantitative estimate of drug-likeness (QED) is 0.842. The molecule has 5 nitrogen and oxygen atoms in total. The van der Waals surface area contributed by atoms with E-state index in [2.05, 4.69) is 24.5 Å². The van der Waals surface area contributed by atoms with Gasteiger partial charge in [-0.2, -0.15) is 0 Å². The first-order valence-electron chi connectivity index (χ1n) is 7.39. The summed E-state index contributed by atoms with van der Waals surface area (Å²) in [4.78, 5) is 12.3. The van der Waals surface area contributed by atoms with Crippen LogP contribution in [0.5, 0.6) is 5.75 Å². The molecule has 0 saturated carbocycles. The summed E-state index contributed by atoms with van der Waals surface area (Å²) in [7, 11) is 1.67. The van der Waals surface area contributed by atoms with Gasteiger partial charge in [0.15, 0.2) is 0 Å². The highest BCUT2D eigenvalue weighted by Crippen LogP contribution is 2.25. The number of carbonyl (C=O) groups is 1. The molecule has 2 atom stereocenters. The van der Waals surface area contributed by atoms with Crippen molar-refractivity contribution < 1.29 is 14.3 Å². The number of nitrogens with one attached hydrogen (secondary N) is 2. The fourth-order valence-electron chi connectivity index (χ4n) is 2.25. The first-order chi connectivity index (χ1) is 10.1. The lowest BCUT2D eigenvalue weighted by molar-refractivity contribution is -0.118. The van der Waals surface area contributed by atoms with Crippen LogP contribution < -0.4 is 15.4 Å². The Morgan fingerprint density at radius 2 is 2.19 bits per heavy atom. The zero-order valence-electron chi connectivity index (χ0n) is 12.9. The molecule has 1 aliphatic heterocycles. The van der Waals surface area contributed by atoms with Crippen LogP contribution in [0, 0.1) is 5.92 Å². The fourth-order valence-corrected chi connectivity index (χ4v) is 2.25. The van der Waals surface area contributed by atoms with Crippen molar-refractivity contribution in [3.63, 3.8) is 0 Å². The summed E-state index contributed by atoms with van der Waals surface area (Å²) in [6.45, 7) is 5.52. The summed E-state index contributed by atoms with van der Waals surface area (Å²) >= 11 is 0. The Morgan fingerprint density at radius 1 is 1.43 bits per heavy atom. The number of hydrogen-bond acceptors (Lipinski definition) is 4.